The van der Waals surface area contributed by atoms with Gasteiger partial charge in [-0.3, -0.25) is 4.98 Å². The summed E-state index contributed by atoms with van der Waals surface area (Å²) in [4.78, 5) is 3.66. The van der Waals surface area contributed by atoms with Crippen LogP contribution >= 0.6 is 0 Å². The summed E-state index contributed by atoms with van der Waals surface area (Å²) in [6.45, 7) is 0.144. The van der Waals surface area contributed by atoms with E-state index in [-0.39, 0.29) is 22.7 Å². The Balaban J connectivity index is 2.27. The van der Waals surface area contributed by atoms with Crippen LogP contribution in [0.1, 0.15) is 5.56 Å². The maximum atomic E-state index is 14.9. The summed E-state index contributed by atoms with van der Waals surface area (Å²) in [5, 5.41) is 2.79. The SMILES string of the molecule is CNCc1cn(S(=O)(=O)c2cccc(F)c2)c(-c2cccnc2)c1F. The summed E-state index contributed by atoms with van der Waals surface area (Å²) in [6.07, 6.45) is 4.08. The van der Waals surface area contributed by atoms with Crippen LogP contribution in [0.4, 0.5) is 8.78 Å². The largest absolute Gasteiger partial charge is 0.316 e. The summed E-state index contributed by atoms with van der Waals surface area (Å²) in [5.74, 6) is -1.35. The standard InChI is InChI=1S/C17H15F2N3O2S/c1-20-9-13-11-22(17(16(13)19)12-4-3-7-21-10-12)25(23,24)15-6-2-5-14(18)8-15/h2-8,10-11,20H,9H2,1H3. The Hall–Kier alpha value is -2.58. The van der Waals surface area contributed by atoms with Crippen LogP contribution in [0.25, 0.3) is 11.3 Å². The fourth-order valence-electron chi connectivity index (χ4n) is 2.51. The average molecular weight is 363 g/mol. The Morgan fingerprint density at radius 3 is 2.64 bits per heavy atom. The third kappa shape index (κ3) is 3.18. The number of aromatic nitrogens is 2. The third-order valence-electron chi connectivity index (χ3n) is 3.64. The van der Waals surface area contributed by atoms with Gasteiger partial charge in [-0.2, -0.15) is 0 Å². The highest BCUT2D eigenvalue weighted by Gasteiger charge is 2.26. The first-order chi connectivity index (χ1) is 11.9. The van der Waals surface area contributed by atoms with Crippen LogP contribution in [-0.4, -0.2) is 24.4 Å². The number of hydrogen-bond donors (Lipinski definition) is 1. The number of rotatable bonds is 5. The zero-order valence-electron chi connectivity index (χ0n) is 13.3. The van der Waals surface area contributed by atoms with Gasteiger partial charge in [0.2, 0.25) is 0 Å². The topological polar surface area (TPSA) is 64.0 Å². The van der Waals surface area contributed by atoms with Crippen molar-refractivity contribution >= 4 is 10.0 Å². The molecule has 0 bridgehead atoms. The van der Waals surface area contributed by atoms with Crippen LogP contribution < -0.4 is 5.32 Å². The molecule has 8 heteroatoms. The molecule has 0 radical (unpaired) electrons. The summed E-state index contributed by atoms with van der Waals surface area (Å²) in [5.41, 5.74) is 0.353. The van der Waals surface area contributed by atoms with Crippen molar-refractivity contribution in [1.82, 2.24) is 14.3 Å². The van der Waals surface area contributed by atoms with Crippen molar-refractivity contribution in [2.24, 2.45) is 0 Å². The van der Waals surface area contributed by atoms with Crippen LogP contribution in [-0.2, 0) is 16.6 Å². The van der Waals surface area contributed by atoms with Crippen molar-refractivity contribution in [2.75, 3.05) is 7.05 Å². The molecule has 0 aliphatic rings. The minimum Gasteiger partial charge on any atom is -0.316 e. The molecule has 1 N–H and O–H groups in total. The van der Waals surface area contributed by atoms with Crippen molar-refractivity contribution in [2.45, 2.75) is 11.4 Å². The minimum absolute atomic E-state index is 0.136. The van der Waals surface area contributed by atoms with E-state index in [0.29, 0.717) is 5.56 Å². The lowest BCUT2D eigenvalue weighted by Gasteiger charge is -2.10. The van der Waals surface area contributed by atoms with Crippen molar-refractivity contribution in [3.05, 3.63) is 72.2 Å². The molecule has 0 aliphatic carbocycles. The average Bonchev–Trinajstić information content (AvgIpc) is 2.93. The Morgan fingerprint density at radius 1 is 1.20 bits per heavy atom. The van der Waals surface area contributed by atoms with Gasteiger partial charge in [-0.15, -0.1) is 0 Å². The van der Waals surface area contributed by atoms with Gasteiger partial charge >= 0.3 is 0 Å². The van der Waals surface area contributed by atoms with Gasteiger partial charge in [-0.1, -0.05) is 6.07 Å². The molecule has 0 saturated carbocycles. The number of halogens is 2. The minimum atomic E-state index is -4.18. The van der Waals surface area contributed by atoms with Gasteiger partial charge in [0.1, 0.15) is 11.5 Å². The molecular formula is C17H15F2N3O2S. The van der Waals surface area contributed by atoms with E-state index in [1.54, 1.807) is 19.2 Å². The molecule has 0 saturated heterocycles. The molecule has 0 aliphatic heterocycles. The number of nitrogens with zero attached hydrogens (tertiary/aromatic N) is 2. The first kappa shape index (κ1) is 17.2. The first-order valence-corrected chi connectivity index (χ1v) is 8.85. The van der Waals surface area contributed by atoms with E-state index in [9.17, 15) is 17.2 Å². The molecule has 0 atom stereocenters. The molecule has 1 aromatic carbocycles. The maximum Gasteiger partial charge on any atom is 0.268 e. The zero-order valence-corrected chi connectivity index (χ0v) is 14.1. The van der Waals surface area contributed by atoms with Crippen molar-refractivity contribution in [3.8, 4) is 11.3 Å². The lowest BCUT2D eigenvalue weighted by molar-refractivity contribution is 0.581. The molecule has 25 heavy (non-hydrogen) atoms. The summed E-state index contributed by atoms with van der Waals surface area (Å²) < 4.78 is 55.0. The first-order valence-electron chi connectivity index (χ1n) is 7.41. The van der Waals surface area contributed by atoms with E-state index in [1.807, 2.05) is 0 Å². The maximum absolute atomic E-state index is 14.9. The van der Waals surface area contributed by atoms with E-state index in [2.05, 4.69) is 10.3 Å². The Labute approximate surface area is 144 Å². The van der Waals surface area contributed by atoms with Crippen LogP contribution in [0.2, 0.25) is 0 Å². The van der Waals surface area contributed by atoms with Gasteiger partial charge in [-0.25, -0.2) is 21.2 Å². The number of pyridine rings is 1. The lowest BCUT2D eigenvalue weighted by Crippen LogP contribution is -2.14. The molecule has 3 rings (SSSR count). The van der Waals surface area contributed by atoms with Crippen molar-refractivity contribution < 1.29 is 17.2 Å². The van der Waals surface area contributed by atoms with Gasteiger partial charge in [0.05, 0.1) is 4.90 Å². The van der Waals surface area contributed by atoms with Crippen LogP contribution in [0.3, 0.4) is 0 Å². The second-order valence-corrected chi connectivity index (χ2v) is 7.16. The molecule has 0 unspecified atom stereocenters. The number of hydrogen-bond acceptors (Lipinski definition) is 4. The van der Waals surface area contributed by atoms with Crippen molar-refractivity contribution in [3.63, 3.8) is 0 Å². The third-order valence-corrected chi connectivity index (χ3v) is 5.29. The predicted molar refractivity (Wildman–Crippen MR) is 89.4 cm³/mol. The molecule has 0 fully saturated rings. The normalized spacial score (nSPS) is 11.6. The highest BCUT2D eigenvalue weighted by molar-refractivity contribution is 7.90. The molecule has 3 aromatic rings. The van der Waals surface area contributed by atoms with Gasteiger partial charge in [0.15, 0.2) is 5.82 Å². The highest BCUT2D eigenvalue weighted by atomic mass is 32.2. The van der Waals surface area contributed by atoms with Crippen LogP contribution in [0.5, 0.6) is 0 Å². The summed E-state index contributed by atoms with van der Waals surface area (Å²) in [7, 11) is -2.55. The molecular weight excluding hydrogens is 348 g/mol. The fourth-order valence-corrected chi connectivity index (χ4v) is 3.94. The van der Waals surface area contributed by atoms with Gasteiger partial charge in [-0.05, 0) is 37.4 Å². The Morgan fingerprint density at radius 2 is 2.00 bits per heavy atom. The van der Waals surface area contributed by atoms with E-state index in [1.165, 1.54) is 30.7 Å². The molecule has 130 valence electrons. The van der Waals surface area contributed by atoms with E-state index in [0.717, 1.165) is 16.1 Å². The lowest BCUT2D eigenvalue weighted by atomic mass is 10.2. The van der Waals surface area contributed by atoms with E-state index >= 15 is 0 Å². The fraction of sp³-hybridized carbons (Fsp3) is 0.118. The van der Waals surface area contributed by atoms with Gasteiger partial charge in [0.25, 0.3) is 10.0 Å². The van der Waals surface area contributed by atoms with E-state index < -0.39 is 21.7 Å². The monoisotopic (exact) mass is 363 g/mol. The smallest absolute Gasteiger partial charge is 0.268 e. The highest BCUT2D eigenvalue weighted by Crippen LogP contribution is 2.30. The van der Waals surface area contributed by atoms with Gasteiger partial charge < -0.3 is 5.32 Å². The molecule has 5 nitrogen and oxygen atoms in total. The van der Waals surface area contributed by atoms with Crippen LogP contribution in [0, 0.1) is 11.6 Å². The molecule has 2 aromatic heterocycles. The molecule has 0 spiro atoms. The van der Waals surface area contributed by atoms with Gasteiger partial charge in [0, 0.05) is 36.3 Å². The molecule has 0 amide bonds. The zero-order chi connectivity index (χ0) is 18.0. The second kappa shape index (κ2) is 6.73. The summed E-state index contributed by atoms with van der Waals surface area (Å²) in [6, 6.07) is 7.74. The Bertz CT molecular complexity index is 1000. The second-order valence-electron chi connectivity index (χ2n) is 5.35. The van der Waals surface area contributed by atoms with Crippen LogP contribution in [0.15, 0.2) is 59.9 Å². The quantitative estimate of drug-likeness (QED) is 0.757. The van der Waals surface area contributed by atoms with Crippen molar-refractivity contribution in [1.29, 1.82) is 0 Å². The predicted octanol–water partition coefficient (Wildman–Crippen LogP) is 2.78. The number of benzene rings is 1. The van der Waals surface area contributed by atoms with E-state index in [4.69, 9.17) is 0 Å². The Kier molecular flexibility index (Phi) is 4.65. The summed E-state index contributed by atoms with van der Waals surface area (Å²) >= 11 is 0. The number of nitrogens with one attached hydrogen (secondary N) is 1. The molecule has 2 heterocycles.